The Morgan fingerprint density at radius 2 is 1.08 bits per heavy atom. The van der Waals surface area contributed by atoms with Crippen LogP contribution in [0.5, 0.6) is 0 Å². The summed E-state index contributed by atoms with van der Waals surface area (Å²) in [6.45, 7) is 6.33. The van der Waals surface area contributed by atoms with Crippen molar-refractivity contribution in [3.8, 4) is 0 Å². The molecule has 2 N–H and O–H groups in total. The Morgan fingerprint density at radius 3 is 1.56 bits per heavy atom. The van der Waals surface area contributed by atoms with E-state index in [1.165, 1.54) is 73.1 Å². The first-order valence-electron chi connectivity index (χ1n) is 19.4. The van der Waals surface area contributed by atoms with E-state index in [1.807, 2.05) is 6.92 Å². The molecule has 2 aliphatic heterocycles. The van der Waals surface area contributed by atoms with Crippen molar-refractivity contribution < 1.29 is 54.9 Å². The Hall–Kier alpha value is -4.51. The molecule has 334 valence electrons. The number of benzene rings is 2. The quantitative estimate of drug-likeness (QED) is 0.120. The summed E-state index contributed by atoms with van der Waals surface area (Å²) in [7, 11) is -7.20. The standard InChI is InChI=1S/C21H20ClFN2O5S2.C21H21FN2O5S2/c1-13-16(12-19(26)27)18-7-6-17(23)20(22)25(18)21(13)31-14-2-4-15(5-3-14)32(28,29)24-8-10-30-11-9-24;1-14-18(12-20(25)26)19-7-2-15(22)13-24(19)21(14)30-16-3-5-17(6-4-16)31(27,28)23-8-10-29-11-9-23/h2-7H,8-12H2,1H3,(H,26,27);2-7,13H,8-12H2,1H3,(H,25,26). The number of nitrogens with zero attached hydrogens (tertiary/aromatic N) is 4. The lowest BCUT2D eigenvalue weighted by Gasteiger charge is -2.26. The van der Waals surface area contributed by atoms with E-state index in [0.29, 0.717) is 95.3 Å². The molecule has 8 rings (SSSR count). The third kappa shape index (κ3) is 9.93. The highest BCUT2D eigenvalue weighted by atomic mass is 35.5. The first-order chi connectivity index (χ1) is 30.0. The smallest absolute Gasteiger partial charge is 0.307 e. The maximum atomic E-state index is 14.2. The Bertz CT molecular complexity index is 2920. The summed E-state index contributed by atoms with van der Waals surface area (Å²) >= 11 is 8.81. The van der Waals surface area contributed by atoms with Crippen LogP contribution in [0.4, 0.5) is 8.78 Å². The number of rotatable bonds is 12. The highest BCUT2D eigenvalue weighted by Gasteiger charge is 2.28. The Balaban J connectivity index is 0.000000189. The molecule has 0 radical (unpaired) electrons. The van der Waals surface area contributed by atoms with Gasteiger partial charge in [-0.15, -0.1) is 0 Å². The number of fused-ring (bicyclic) bond motifs is 2. The van der Waals surface area contributed by atoms with Crippen LogP contribution in [-0.2, 0) is 52.0 Å². The molecule has 0 atom stereocenters. The molecule has 6 aromatic rings. The fraction of sp³-hybridized carbons (Fsp3) is 0.286. The van der Waals surface area contributed by atoms with Crippen molar-refractivity contribution in [2.75, 3.05) is 52.6 Å². The van der Waals surface area contributed by atoms with E-state index >= 15 is 0 Å². The molecule has 63 heavy (non-hydrogen) atoms. The van der Waals surface area contributed by atoms with Crippen molar-refractivity contribution in [2.45, 2.75) is 56.3 Å². The van der Waals surface area contributed by atoms with E-state index < -0.39 is 43.6 Å². The number of morpholine rings is 2. The highest BCUT2D eigenvalue weighted by Crippen LogP contribution is 2.39. The molecule has 0 bridgehead atoms. The molecule has 14 nitrogen and oxygen atoms in total. The summed E-state index contributed by atoms with van der Waals surface area (Å²) in [5.41, 5.74) is 3.76. The molecule has 0 amide bonds. The minimum Gasteiger partial charge on any atom is -0.481 e. The highest BCUT2D eigenvalue weighted by molar-refractivity contribution is 7.99. The number of hydrogen-bond donors (Lipinski definition) is 2. The van der Waals surface area contributed by atoms with Gasteiger partial charge in [0.25, 0.3) is 0 Å². The lowest BCUT2D eigenvalue weighted by atomic mass is 10.1. The predicted molar refractivity (Wildman–Crippen MR) is 232 cm³/mol. The van der Waals surface area contributed by atoms with Gasteiger partial charge < -0.3 is 24.1 Å². The van der Waals surface area contributed by atoms with E-state index in [0.717, 1.165) is 10.5 Å². The predicted octanol–water partition coefficient (Wildman–Crippen LogP) is 7.03. The van der Waals surface area contributed by atoms with Gasteiger partial charge in [-0.1, -0.05) is 35.1 Å². The number of carboxylic acids is 2. The molecule has 0 saturated carbocycles. The van der Waals surface area contributed by atoms with Crippen LogP contribution in [0.25, 0.3) is 11.0 Å². The lowest BCUT2D eigenvalue weighted by molar-refractivity contribution is -0.137. The molecular formula is C42H41ClF2N4O10S4. The van der Waals surface area contributed by atoms with Crippen molar-refractivity contribution in [3.63, 3.8) is 0 Å². The number of halogens is 3. The summed E-state index contributed by atoms with van der Waals surface area (Å²) in [5, 5.41) is 19.7. The van der Waals surface area contributed by atoms with Crippen LogP contribution in [0, 0.1) is 25.5 Å². The summed E-state index contributed by atoms with van der Waals surface area (Å²) in [5.74, 6) is -3.02. The maximum Gasteiger partial charge on any atom is 0.307 e. The fourth-order valence-electron chi connectivity index (χ4n) is 7.27. The SMILES string of the molecule is Cc1c(CC(=O)O)c2ccc(F)c(Cl)n2c1Sc1ccc(S(=O)(=O)N2CCOCC2)cc1.Cc1c(CC(=O)O)c2ccc(F)cn2c1Sc1ccc(S(=O)(=O)N2CCOCC2)cc1. The monoisotopic (exact) mass is 962 g/mol. The van der Waals surface area contributed by atoms with Gasteiger partial charge in [-0.3, -0.25) is 14.0 Å². The molecule has 0 unspecified atom stereocenters. The van der Waals surface area contributed by atoms with Gasteiger partial charge in [-0.25, -0.2) is 25.6 Å². The van der Waals surface area contributed by atoms with Crippen molar-refractivity contribution in [3.05, 3.63) is 118 Å². The minimum atomic E-state index is -3.61. The molecule has 2 fully saturated rings. The summed E-state index contributed by atoms with van der Waals surface area (Å²) in [4.78, 5) is 24.5. The van der Waals surface area contributed by atoms with Crippen LogP contribution >= 0.6 is 35.1 Å². The van der Waals surface area contributed by atoms with Gasteiger partial charge in [0, 0.05) is 42.2 Å². The fourth-order valence-corrected chi connectivity index (χ4v) is 12.5. The van der Waals surface area contributed by atoms with Crippen LogP contribution in [0.1, 0.15) is 22.3 Å². The van der Waals surface area contributed by atoms with Gasteiger partial charge in [0.1, 0.15) is 5.82 Å². The first kappa shape index (κ1) is 46.5. The van der Waals surface area contributed by atoms with Crippen molar-refractivity contribution in [1.82, 2.24) is 17.4 Å². The third-order valence-electron chi connectivity index (χ3n) is 10.5. The number of hydrogen-bond acceptors (Lipinski definition) is 10. The number of ether oxygens (including phenoxy) is 2. The largest absolute Gasteiger partial charge is 0.481 e. The van der Waals surface area contributed by atoms with Crippen LogP contribution in [0.15, 0.2) is 109 Å². The van der Waals surface area contributed by atoms with E-state index in [-0.39, 0.29) is 27.8 Å². The zero-order chi connectivity index (χ0) is 45.2. The van der Waals surface area contributed by atoms with E-state index in [2.05, 4.69) is 0 Å². The number of sulfonamides is 2. The van der Waals surface area contributed by atoms with Gasteiger partial charge in [0.15, 0.2) is 11.0 Å². The summed E-state index contributed by atoms with van der Waals surface area (Å²) < 4.78 is 95.7. The zero-order valence-corrected chi connectivity index (χ0v) is 37.8. The average molecular weight is 964 g/mol. The Labute approximate surface area is 375 Å². The second-order valence-electron chi connectivity index (χ2n) is 14.4. The van der Waals surface area contributed by atoms with E-state index in [1.54, 1.807) is 53.8 Å². The van der Waals surface area contributed by atoms with Gasteiger partial charge >= 0.3 is 11.9 Å². The molecule has 2 saturated heterocycles. The minimum absolute atomic E-state index is 0.142. The van der Waals surface area contributed by atoms with Crippen LogP contribution in [-0.4, -0.2) is 109 Å². The van der Waals surface area contributed by atoms with Crippen LogP contribution < -0.4 is 0 Å². The van der Waals surface area contributed by atoms with Crippen molar-refractivity contribution in [2.24, 2.45) is 0 Å². The van der Waals surface area contributed by atoms with Crippen LogP contribution in [0.3, 0.4) is 0 Å². The van der Waals surface area contributed by atoms with Crippen molar-refractivity contribution >= 4 is 78.1 Å². The van der Waals surface area contributed by atoms with E-state index in [4.69, 9.17) is 21.1 Å². The molecule has 2 aromatic carbocycles. The maximum absolute atomic E-state index is 14.2. The molecule has 21 heteroatoms. The average Bonchev–Trinajstić information content (AvgIpc) is 3.67. The van der Waals surface area contributed by atoms with E-state index in [9.17, 15) is 45.4 Å². The van der Waals surface area contributed by atoms with Crippen molar-refractivity contribution in [1.29, 1.82) is 0 Å². The topological polar surface area (TPSA) is 177 Å². The lowest BCUT2D eigenvalue weighted by Crippen LogP contribution is -2.40. The summed E-state index contributed by atoms with van der Waals surface area (Å²) in [6.07, 6.45) is 0.931. The number of carboxylic acid groups (broad SMARTS) is 2. The van der Waals surface area contributed by atoms with Gasteiger partial charge in [0.05, 0.1) is 70.1 Å². The van der Waals surface area contributed by atoms with Gasteiger partial charge in [-0.2, -0.15) is 8.61 Å². The third-order valence-corrected chi connectivity index (χ3v) is 17.0. The molecule has 2 aliphatic rings. The number of carbonyl (C=O) groups is 2. The molecule has 0 aliphatic carbocycles. The van der Waals surface area contributed by atoms with Gasteiger partial charge in [0.2, 0.25) is 20.0 Å². The first-order valence-corrected chi connectivity index (χ1v) is 24.3. The summed E-state index contributed by atoms with van der Waals surface area (Å²) in [6, 6.07) is 18.5. The normalized spacial score (nSPS) is 15.4. The molecule has 4 aromatic heterocycles. The number of aliphatic carboxylic acids is 2. The molecule has 6 heterocycles. The molecule has 0 spiro atoms. The Kier molecular flexibility index (Phi) is 14.2. The second-order valence-corrected chi connectivity index (χ2v) is 20.8. The van der Waals surface area contributed by atoms with Gasteiger partial charge in [-0.05, 0) is 109 Å². The zero-order valence-electron chi connectivity index (χ0n) is 33.8. The number of pyridine rings is 2. The van der Waals surface area contributed by atoms with Crippen LogP contribution in [0.2, 0.25) is 5.15 Å². The molecular weight excluding hydrogens is 922 g/mol. The Morgan fingerprint density at radius 1 is 0.651 bits per heavy atom. The second kappa shape index (κ2) is 19.3. The number of aromatic nitrogens is 2.